The van der Waals surface area contributed by atoms with Crippen molar-refractivity contribution in [1.29, 1.82) is 0 Å². The van der Waals surface area contributed by atoms with Gasteiger partial charge < -0.3 is 30.3 Å². The molecule has 2 aromatic carbocycles. The zero-order chi connectivity index (χ0) is 28.2. The lowest BCUT2D eigenvalue weighted by Crippen LogP contribution is -2.56. The number of nitrogens with zero attached hydrogens (tertiary/aromatic N) is 4. The minimum absolute atomic E-state index is 0.276. The number of anilines is 2. The Morgan fingerprint density at radius 2 is 1.82 bits per heavy atom. The number of urea groups is 1. The predicted molar refractivity (Wildman–Crippen MR) is 157 cm³/mol. The average molecular weight is 564 g/mol. The van der Waals surface area contributed by atoms with Gasteiger partial charge >= 0.3 is 6.03 Å². The Kier molecular flexibility index (Phi) is 8.32. The van der Waals surface area contributed by atoms with E-state index in [0.717, 1.165) is 27.8 Å². The third-order valence-electron chi connectivity index (χ3n) is 7.19. The quantitative estimate of drug-likeness (QED) is 0.294. The molecule has 3 amide bonds. The molecule has 4 aromatic rings. The molecular weight excluding hydrogens is 529 g/mol. The van der Waals surface area contributed by atoms with Gasteiger partial charge in [0, 0.05) is 66.8 Å². The fourth-order valence-corrected chi connectivity index (χ4v) is 5.76. The summed E-state index contributed by atoms with van der Waals surface area (Å²) in [6, 6.07) is 13.2. The number of rotatable bonds is 8. The van der Waals surface area contributed by atoms with Crippen molar-refractivity contribution in [3.8, 4) is 0 Å². The highest BCUT2D eigenvalue weighted by molar-refractivity contribution is 7.13. The second-order valence-corrected chi connectivity index (χ2v) is 11.2. The van der Waals surface area contributed by atoms with Crippen molar-refractivity contribution < 1.29 is 14.0 Å². The average Bonchev–Trinajstić information content (AvgIpc) is 3.58. The monoisotopic (exact) mass is 563 g/mol. The minimum atomic E-state index is -0.831. The van der Waals surface area contributed by atoms with Gasteiger partial charge in [0.15, 0.2) is 5.13 Å². The molecule has 0 unspecified atom stereocenters. The summed E-state index contributed by atoms with van der Waals surface area (Å²) in [5, 5.41) is 9.39. The molecule has 0 radical (unpaired) electrons. The van der Waals surface area contributed by atoms with Crippen LogP contribution in [0.15, 0.2) is 60.1 Å². The van der Waals surface area contributed by atoms with Gasteiger partial charge in [-0.25, -0.2) is 14.2 Å². The van der Waals surface area contributed by atoms with Gasteiger partial charge in [0.25, 0.3) is 0 Å². The Morgan fingerprint density at radius 1 is 1.10 bits per heavy atom. The summed E-state index contributed by atoms with van der Waals surface area (Å²) in [4.78, 5) is 40.8. The number of para-hydroxylation sites is 1. The van der Waals surface area contributed by atoms with Gasteiger partial charge in [-0.2, -0.15) is 0 Å². The smallest absolute Gasteiger partial charge is 0.318 e. The number of amides is 3. The Morgan fingerprint density at radius 3 is 2.55 bits per heavy atom. The number of aromatic nitrogens is 2. The van der Waals surface area contributed by atoms with Gasteiger partial charge in [0.1, 0.15) is 11.9 Å². The zero-order valence-electron chi connectivity index (χ0n) is 22.9. The van der Waals surface area contributed by atoms with Crippen LogP contribution in [-0.2, 0) is 11.3 Å². The number of hydrogen-bond acceptors (Lipinski definition) is 6. The molecule has 9 nitrogen and oxygen atoms in total. The van der Waals surface area contributed by atoms with Crippen molar-refractivity contribution >= 4 is 45.0 Å². The molecule has 40 heavy (non-hydrogen) atoms. The lowest BCUT2D eigenvalue weighted by atomic mass is 9.92. The number of H-pyrrole nitrogens is 1. The first kappa shape index (κ1) is 27.6. The van der Waals surface area contributed by atoms with E-state index in [2.05, 4.69) is 25.5 Å². The van der Waals surface area contributed by atoms with Gasteiger partial charge in [0.05, 0.1) is 5.69 Å². The minimum Gasteiger partial charge on any atom is -0.368 e. The van der Waals surface area contributed by atoms with Crippen LogP contribution in [0.1, 0.15) is 24.1 Å². The highest BCUT2D eigenvalue weighted by Gasteiger charge is 2.32. The first-order valence-electron chi connectivity index (χ1n) is 13.3. The summed E-state index contributed by atoms with van der Waals surface area (Å²) in [5.74, 6) is -0.911. The standard InChI is InChI=1S/C29H34FN7O2S/c1-19(24-16-31-25-7-5-4-6-23(24)25)26(27(38)34-28-32-21(18-40-28)17-35(2)3)33-29(39)37-14-12-36(13-15-37)22-10-8-20(30)9-11-22/h4-11,16,18-19,26,31H,12-15,17H2,1-3H3,(H,33,39)(H,32,34,38)/t19-,26+/m0/s1. The van der Waals surface area contributed by atoms with E-state index in [0.29, 0.717) is 37.9 Å². The highest BCUT2D eigenvalue weighted by Crippen LogP contribution is 2.29. The van der Waals surface area contributed by atoms with Crippen molar-refractivity contribution in [3.05, 3.63) is 77.2 Å². The first-order chi connectivity index (χ1) is 19.3. The molecule has 2 atom stereocenters. The van der Waals surface area contributed by atoms with Crippen molar-refractivity contribution in [2.45, 2.75) is 25.4 Å². The van der Waals surface area contributed by atoms with Crippen LogP contribution < -0.4 is 15.5 Å². The molecule has 0 saturated carbocycles. The van der Waals surface area contributed by atoms with Crippen LogP contribution in [0.25, 0.3) is 10.9 Å². The third-order valence-corrected chi connectivity index (χ3v) is 8.00. The summed E-state index contributed by atoms with van der Waals surface area (Å²) in [5.41, 5.74) is 3.71. The van der Waals surface area contributed by atoms with Crippen molar-refractivity contribution in [2.75, 3.05) is 50.5 Å². The van der Waals surface area contributed by atoms with Crippen molar-refractivity contribution in [2.24, 2.45) is 0 Å². The lowest BCUT2D eigenvalue weighted by Gasteiger charge is -2.37. The molecule has 2 aromatic heterocycles. The molecule has 1 aliphatic rings. The Bertz CT molecular complexity index is 1460. The van der Waals surface area contributed by atoms with Gasteiger partial charge in [-0.3, -0.25) is 4.79 Å². The number of halogens is 1. The number of carbonyl (C=O) groups is 2. The Balaban J connectivity index is 1.31. The van der Waals surface area contributed by atoms with E-state index in [1.807, 2.05) is 61.8 Å². The van der Waals surface area contributed by atoms with Crippen LogP contribution in [0, 0.1) is 5.82 Å². The summed E-state index contributed by atoms with van der Waals surface area (Å²) in [6.07, 6.45) is 1.90. The fourth-order valence-electron chi connectivity index (χ4n) is 5.06. The number of thiazole rings is 1. The number of fused-ring (bicyclic) bond motifs is 1. The van der Waals surface area contributed by atoms with Crippen LogP contribution in [0.5, 0.6) is 0 Å². The topological polar surface area (TPSA) is 96.6 Å². The number of aromatic amines is 1. The van der Waals surface area contributed by atoms with E-state index in [4.69, 9.17) is 0 Å². The van der Waals surface area contributed by atoms with E-state index < -0.39 is 6.04 Å². The molecule has 5 rings (SSSR count). The van der Waals surface area contributed by atoms with E-state index in [9.17, 15) is 14.0 Å². The molecule has 0 aliphatic carbocycles. The van der Waals surface area contributed by atoms with E-state index >= 15 is 0 Å². The molecule has 3 heterocycles. The first-order valence-corrected chi connectivity index (χ1v) is 14.2. The van der Waals surface area contributed by atoms with Crippen LogP contribution in [-0.4, -0.2) is 78.0 Å². The van der Waals surface area contributed by atoms with Gasteiger partial charge in [0.2, 0.25) is 5.91 Å². The van der Waals surface area contributed by atoms with Gasteiger partial charge in [-0.15, -0.1) is 11.3 Å². The van der Waals surface area contributed by atoms with Crippen LogP contribution in [0.3, 0.4) is 0 Å². The van der Waals surface area contributed by atoms with Crippen molar-refractivity contribution in [3.63, 3.8) is 0 Å². The molecule has 1 saturated heterocycles. The Hall–Kier alpha value is -3.96. The SMILES string of the molecule is C[C@@H](c1c[nH]c2ccccc12)[C@@H](NC(=O)N1CCN(c2ccc(F)cc2)CC1)C(=O)Nc1nc(CN(C)C)cs1. The molecule has 1 fully saturated rings. The number of nitrogens with one attached hydrogen (secondary N) is 3. The number of hydrogen-bond donors (Lipinski definition) is 3. The maximum atomic E-state index is 13.7. The van der Waals surface area contributed by atoms with Crippen LogP contribution in [0.2, 0.25) is 0 Å². The lowest BCUT2D eigenvalue weighted by molar-refractivity contribution is -0.118. The number of piperazine rings is 1. The summed E-state index contributed by atoms with van der Waals surface area (Å²) in [6.45, 7) is 4.82. The molecule has 0 bridgehead atoms. The summed E-state index contributed by atoms with van der Waals surface area (Å²) < 4.78 is 13.3. The number of benzene rings is 2. The van der Waals surface area contributed by atoms with Gasteiger partial charge in [-0.05, 0) is 50.0 Å². The molecular formula is C29H34FN7O2S. The van der Waals surface area contributed by atoms with Crippen LogP contribution >= 0.6 is 11.3 Å². The zero-order valence-corrected chi connectivity index (χ0v) is 23.7. The Labute approximate surface area is 237 Å². The second kappa shape index (κ2) is 12.1. The normalized spacial score (nSPS) is 15.3. The maximum absolute atomic E-state index is 13.7. The molecule has 11 heteroatoms. The fraction of sp³-hybridized carbons (Fsp3) is 0.345. The number of carbonyl (C=O) groups excluding carboxylic acids is 2. The van der Waals surface area contributed by atoms with E-state index in [-0.39, 0.29) is 23.7 Å². The van der Waals surface area contributed by atoms with E-state index in [1.165, 1.54) is 23.5 Å². The molecule has 3 N–H and O–H groups in total. The summed E-state index contributed by atoms with van der Waals surface area (Å²) in [7, 11) is 3.93. The van der Waals surface area contributed by atoms with Crippen molar-refractivity contribution in [1.82, 2.24) is 25.1 Å². The highest BCUT2D eigenvalue weighted by atomic mass is 32.1. The largest absolute Gasteiger partial charge is 0.368 e. The summed E-state index contributed by atoms with van der Waals surface area (Å²) >= 11 is 1.37. The third kappa shape index (κ3) is 6.26. The second-order valence-electron chi connectivity index (χ2n) is 10.3. The van der Waals surface area contributed by atoms with Crippen LogP contribution in [0.4, 0.5) is 20.0 Å². The van der Waals surface area contributed by atoms with E-state index in [1.54, 1.807) is 17.0 Å². The maximum Gasteiger partial charge on any atom is 0.318 e. The van der Waals surface area contributed by atoms with Gasteiger partial charge in [-0.1, -0.05) is 25.1 Å². The molecule has 1 aliphatic heterocycles. The molecule has 0 spiro atoms. The molecule has 210 valence electrons. The predicted octanol–water partition coefficient (Wildman–Crippen LogP) is 4.47.